The normalized spacial score (nSPS) is 18.5. The molecule has 1 aromatic rings. The van der Waals surface area contributed by atoms with Crippen LogP contribution in [0.2, 0.25) is 0 Å². The molecule has 23 heavy (non-hydrogen) atoms. The number of aliphatic imine (C=N–C) groups is 1. The summed E-state index contributed by atoms with van der Waals surface area (Å²) in [7, 11) is 1.85. The highest BCUT2D eigenvalue weighted by Crippen LogP contribution is 2.22. The van der Waals surface area contributed by atoms with E-state index in [4.69, 9.17) is 0 Å². The lowest BCUT2D eigenvalue weighted by Gasteiger charge is -2.19. The van der Waals surface area contributed by atoms with Gasteiger partial charge in [0.05, 0.1) is 0 Å². The minimum Gasteiger partial charge on any atom is -0.371 e. The number of anilines is 1. The second-order valence-corrected chi connectivity index (χ2v) is 6.85. The number of guanidine groups is 1. The van der Waals surface area contributed by atoms with Crippen LogP contribution in [0.25, 0.3) is 0 Å². The third-order valence-electron chi connectivity index (χ3n) is 4.44. The van der Waals surface area contributed by atoms with Crippen molar-refractivity contribution < 1.29 is 0 Å². The molecule has 0 aromatic heterocycles. The highest BCUT2D eigenvalue weighted by Gasteiger charge is 2.22. The van der Waals surface area contributed by atoms with Gasteiger partial charge in [-0.2, -0.15) is 0 Å². The molecule has 0 radical (unpaired) electrons. The van der Waals surface area contributed by atoms with Crippen LogP contribution >= 0.6 is 0 Å². The van der Waals surface area contributed by atoms with E-state index < -0.39 is 0 Å². The van der Waals surface area contributed by atoms with Crippen molar-refractivity contribution in [1.82, 2.24) is 10.6 Å². The van der Waals surface area contributed by atoms with E-state index in [0.717, 1.165) is 38.1 Å². The minimum atomic E-state index is 0.685. The lowest BCUT2D eigenvalue weighted by molar-refractivity contribution is 0.541. The second-order valence-electron chi connectivity index (χ2n) is 6.85. The van der Waals surface area contributed by atoms with Crippen LogP contribution in [0, 0.1) is 11.8 Å². The largest absolute Gasteiger partial charge is 0.371 e. The van der Waals surface area contributed by atoms with Crippen LogP contribution in [0.1, 0.15) is 33.1 Å². The van der Waals surface area contributed by atoms with Gasteiger partial charge >= 0.3 is 0 Å². The van der Waals surface area contributed by atoms with Crippen molar-refractivity contribution in [3.05, 3.63) is 30.3 Å². The molecule has 1 unspecified atom stereocenters. The summed E-state index contributed by atoms with van der Waals surface area (Å²) in [4.78, 5) is 6.80. The fourth-order valence-electron chi connectivity index (χ4n) is 3.05. The van der Waals surface area contributed by atoms with Crippen molar-refractivity contribution in [1.29, 1.82) is 0 Å². The Morgan fingerprint density at radius 1 is 1.26 bits per heavy atom. The van der Waals surface area contributed by atoms with E-state index >= 15 is 0 Å². The van der Waals surface area contributed by atoms with Gasteiger partial charge in [0, 0.05) is 38.9 Å². The van der Waals surface area contributed by atoms with E-state index in [9.17, 15) is 0 Å². The quantitative estimate of drug-likeness (QED) is 0.461. The van der Waals surface area contributed by atoms with Gasteiger partial charge in [-0.3, -0.25) is 4.99 Å². The third kappa shape index (κ3) is 6.12. The van der Waals surface area contributed by atoms with E-state index in [-0.39, 0.29) is 0 Å². The summed E-state index contributed by atoms with van der Waals surface area (Å²) in [5, 5.41) is 6.90. The van der Waals surface area contributed by atoms with Gasteiger partial charge in [-0.1, -0.05) is 32.0 Å². The molecule has 1 heterocycles. The molecule has 1 aliphatic heterocycles. The SMILES string of the molecule is CN=C(NCCCC(C)C)NCC1CCN(c2ccccc2)C1. The number of rotatable bonds is 7. The van der Waals surface area contributed by atoms with Crippen molar-refractivity contribution in [3.63, 3.8) is 0 Å². The molecule has 2 rings (SSSR count). The Balaban J connectivity index is 1.67. The van der Waals surface area contributed by atoms with Gasteiger partial charge in [-0.05, 0) is 43.2 Å². The predicted molar refractivity (Wildman–Crippen MR) is 100 cm³/mol. The van der Waals surface area contributed by atoms with Crippen LogP contribution in [-0.4, -0.2) is 39.2 Å². The summed E-state index contributed by atoms with van der Waals surface area (Å²) >= 11 is 0. The van der Waals surface area contributed by atoms with E-state index in [1.54, 1.807) is 0 Å². The second kappa shape index (κ2) is 9.43. The van der Waals surface area contributed by atoms with Gasteiger partial charge in [-0.15, -0.1) is 0 Å². The summed E-state index contributed by atoms with van der Waals surface area (Å²) in [6, 6.07) is 10.7. The summed E-state index contributed by atoms with van der Waals surface area (Å²) in [5.74, 6) is 2.39. The highest BCUT2D eigenvalue weighted by atomic mass is 15.2. The maximum absolute atomic E-state index is 4.32. The number of nitrogens with one attached hydrogen (secondary N) is 2. The summed E-state index contributed by atoms with van der Waals surface area (Å²) in [5.41, 5.74) is 1.34. The molecular weight excluding hydrogens is 284 g/mol. The van der Waals surface area contributed by atoms with E-state index in [1.807, 2.05) is 7.05 Å². The third-order valence-corrected chi connectivity index (χ3v) is 4.44. The summed E-state index contributed by atoms with van der Waals surface area (Å²) < 4.78 is 0. The Hall–Kier alpha value is -1.71. The Morgan fingerprint density at radius 2 is 2.04 bits per heavy atom. The average molecular weight is 316 g/mol. The van der Waals surface area contributed by atoms with Crippen molar-refractivity contribution in [2.45, 2.75) is 33.1 Å². The fourth-order valence-corrected chi connectivity index (χ4v) is 3.05. The van der Waals surface area contributed by atoms with Crippen LogP contribution in [-0.2, 0) is 0 Å². The Kier molecular flexibility index (Phi) is 7.24. The monoisotopic (exact) mass is 316 g/mol. The summed E-state index contributed by atoms with van der Waals surface area (Å²) in [6.45, 7) is 8.81. The highest BCUT2D eigenvalue weighted by molar-refractivity contribution is 5.79. The average Bonchev–Trinajstić information content (AvgIpc) is 3.04. The first-order valence-corrected chi connectivity index (χ1v) is 8.93. The molecule has 1 aromatic carbocycles. The molecule has 1 aliphatic rings. The Bertz CT molecular complexity index is 470. The smallest absolute Gasteiger partial charge is 0.190 e. The molecule has 128 valence electrons. The molecule has 0 spiro atoms. The Morgan fingerprint density at radius 3 is 2.74 bits per heavy atom. The van der Waals surface area contributed by atoms with Crippen molar-refractivity contribution >= 4 is 11.6 Å². The van der Waals surface area contributed by atoms with Gasteiger partial charge in [0.1, 0.15) is 0 Å². The standard InChI is InChI=1S/C19H32N4/c1-16(2)8-7-12-21-19(20-3)22-14-17-11-13-23(15-17)18-9-5-4-6-10-18/h4-6,9-10,16-17H,7-8,11-15H2,1-3H3,(H2,20,21,22). The molecule has 0 saturated carbocycles. The van der Waals surface area contributed by atoms with Crippen LogP contribution in [0.4, 0.5) is 5.69 Å². The summed E-state index contributed by atoms with van der Waals surface area (Å²) in [6.07, 6.45) is 3.70. The zero-order valence-electron chi connectivity index (χ0n) is 14.9. The van der Waals surface area contributed by atoms with Crippen LogP contribution in [0.5, 0.6) is 0 Å². The van der Waals surface area contributed by atoms with Crippen LogP contribution < -0.4 is 15.5 Å². The minimum absolute atomic E-state index is 0.685. The molecule has 0 bridgehead atoms. The van der Waals surface area contributed by atoms with Crippen LogP contribution in [0.3, 0.4) is 0 Å². The first-order chi connectivity index (χ1) is 11.2. The molecule has 1 fully saturated rings. The first-order valence-electron chi connectivity index (χ1n) is 8.93. The molecule has 2 N–H and O–H groups in total. The number of hydrogen-bond acceptors (Lipinski definition) is 2. The number of nitrogens with zero attached hydrogens (tertiary/aromatic N) is 2. The van der Waals surface area contributed by atoms with Crippen molar-refractivity contribution in [2.75, 3.05) is 38.1 Å². The molecule has 1 saturated heterocycles. The van der Waals surface area contributed by atoms with E-state index in [1.165, 1.54) is 24.9 Å². The molecule has 1 atom stereocenters. The zero-order valence-corrected chi connectivity index (χ0v) is 14.9. The fraction of sp³-hybridized carbons (Fsp3) is 0.632. The number of hydrogen-bond donors (Lipinski definition) is 2. The number of para-hydroxylation sites is 1. The topological polar surface area (TPSA) is 39.7 Å². The molecule has 4 nitrogen and oxygen atoms in total. The van der Waals surface area contributed by atoms with E-state index in [2.05, 4.69) is 64.7 Å². The van der Waals surface area contributed by atoms with Crippen LogP contribution in [0.15, 0.2) is 35.3 Å². The lowest BCUT2D eigenvalue weighted by Crippen LogP contribution is -2.40. The molecule has 0 amide bonds. The number of benzene rings is 1. The van der Waals surface area contributed by atoms with Gasteiger partial charge in [0.2, 0.25) is 0 Å². The molecule has 0 aliphatic carbocycles. The lowest BCUT2D eigenvalue weighted by atomic mass is 10.1. The Labute approximate surface area is 141 Å². The molecular formula is C19H32N4. The maximum atomic E-state index is 4.32. The van der Waals surface area contributed by atoms with E-state index in [0.29, 0.717) is 5.92 Å². The van der Waals surface area contributed by atoms with Gasteiger partial charge in [0.15, 0.2) is 5.96 Å². The van der Waals surface area contributed by atoms with Gasteiger partial charge in [0.25, 0.3) is 0 Å². The predicted octanol–water partition coefficient (Wildman–Crippen LogP) is 3.11. The molecule has 4 heteroatoms. The first kappa shape index (κ1) is 17.6. The maximum Gasteiger partial charge on any atom is 0.190 e. The van der Waals surface area contributed by atoms with Gasteiger partial charge < -0.3 is 15.5 Å². The van der Waals surface area contributed by atoms with Gasteiger partial charge in [-0.25, -0.2) is 0 Å². The zero-order chi connectivity index (χ0) is 16.5. The van der Waals surface area contributed by atoms with Crippen molar-refractivity contribution in [2.24, 2.45) is 16.8 Å². The van der Waals surface area contributed by atoms with Crippen molar-refractivity contribution in [3.8, 4) is 0 Å².